The van der Waals surface area contributed by atoms with E-state index in [1.165, 1.54) is 39.2 Å². The zero-order valence-corrected chi connectivity index (χ0v) is 59.0. The van der Waals surface area contributed by atoms with Gasteiger partial charge in [-0.2, -0.15) is 11.8 Å². The molecular formula is C83H86N4O8S4. The molecule has 11 fully saturated rings. The van der Waals surface area contributed by atoms with E-state index in [1.54, 1.807) is 72.5 Å². The van der Waals surface area contributed by atoms with Crippen LogP contribution in [0.3, 0.4) is 0 Å². The van der Waals surface area contributed by atoms with Gasteiger partial charge in [0.15, 0.2) is 5.60 Å². The van der Waals surface area contributed by atoms with E-state index >= 15 is 5.11 Å². The molecule has 510 valence electrons. The number of nitrogens with two attached hydrogens (primary N) is 4. The summed E-state index contributed by atoms with van der Waals surface area (Å²) in [6, 6.07) is 0. The van der Waals surface area contributed by atoms with Crippen molar-refractivity contribution in [1.29, 1.82) is 0 Å². The minimum Gasteiger partial charge on any atom is -0.481 e. The van der Waals surface area contributed by atoms with E-state index < -0.39 is 60.7 Å². The van der Waals surface area contributed by atoms with Gasteiger partial charge in [-0.15, -0.1) is 35.3 Å². The standard InChI is InChI=1S/C83H86N4O8S4/c84-9-13-96-76-24-31-23-75-66-53-42(31)54-49-48-45-33(3-1-27(21-40(76)89)43(45)67(54)76)37-22-41-78(93-41)8-7-28-17-29-18-30-20-36-38(73(90)91)19-26-2-4-34-32-5-6-35-39(88)25-77(74(75)94-75,97-14-10-85)68-47(35)46(32)69-58(60(66)68)57-51(53)50(49)56-52-55(48)65(37)81(78,98-15-11-86)62(28)59(52)61(29)79(92)70(56)71(57)83-80(69,95-83)63(34)44(26)64(36)82(83,72(30)79)99-16-12-87/h1,3,22,26-28,30,32-33,36-40,45-46,48,50-51,55,59-60,62,65,68-72,74,88-89,92H,2,4-21,23-25,84-87H2,(H,90,91). The third-order valence-electron chi connectivity index (χ3n) is 37.5. The predicted molar refractivity (Wildman–Crippen MR) is 375 cm³/mol. The first-order chi connectivity index (χ1) is 48.3. The Hall–Kier alpha value is -2.81. The molecule has 3 heterocycles. The normalized spacial score (nSPS) is 61.0. The Kier molecular flexibility index (Phi) is 8.95. The summed E-state index contributed by atoms with van der Waals surface area (Å²) in [6.07, 6.45) is 19.5. The van der Waals surface area contributed by atoms with Crippen molar-refractivity contribution >= 4 is 53.0 Å². The summed E-state index contributed by atoms with van der Waals surface area (Å²) in [7, 11) is 0. The van der Waals surface area contributed by atoms with Crippen LogP contribution >= 0.6 is 47.0 Å². The lowest BCUT2D eigenvalue weighted by atomic mass is 9.22. The predicted octanol–water partition coefficient (Wildman–Crippen LogP) is 8.68. The van der Waals surface area contributed by atoms with E-state index in [9.17, 15) is 24.9 Å². The topological polar surface area (TPSA) is 240 Å². The van der Waals surface area contributed by atoms with E-state index in [2.05, 4.69) is 53.5 Å². The lowest BCUT2D eigenvalue weighted by molar-refractivity contribution is -0.189. The number of fused-ring (bicyclic) bond motifs is 3. The fourth-order valence-corrected chi connectivity index (χ4v) is 44.2. The van der Waals surface area contributed by atoms with Gasteiger partial charge in [0.25, 0.3) is 0 Å². The molecule has 0 amide bonds. The summed E-state index contributed by atoms with van der Waals surface area (Å²) >= 11 is 8.48. The molecule has 12 nitrogen and oxygen atoms in total. The van der Waals surface area contributed by atoms with Crippen molar-refractivity contribution in [3.05, 3.63) is 135 Å². The molecule has 27 aliphatic carbocycles. The zero-order chi connectivity index (χ0) is 64.4. The van der Waals surface area contributed by atoms with Crippen LogP contribution in [0.4, 0.5) is 0 Å². The number of rotatable bonds is 13. The number of ether oxygens (including phenoxy) is 3. The van der Waals surface area contributed by atoms with Gasteiger partial charge in [-0.1, -0.05) is 62.3 Å². The molecule has 12 N–H and O–H groups in total. The van der Waals surface area contributed by atoms with E-state index in [-0.39, 0.29) is 135 Å². The second-order valence-corrected chi connectivity index (χ2v) is 44.1. The fourth-order valence-electron chi connectivity index (χ4n) is 37.2. The van der Waals surface area contributed by atoms with Gasteiger partial charge in [0.2, 0.25) is 0 Å². The second-order valence-electron chi connectivity index (χ2n) is 38.5. The molecule has 0 aromatic heterocycles. The van der Waals surface area contributed by atoms with Gasteiger partial charge in [0, 0.05) is 115 Å². The molecule has 0 bridgehead atoms. The maximum Gasteiger partial charge on any atom is 0.307 e. The van der Waals surface area contributed by atoms with Crippen LogP contribution < -0.4 is 22.9 Å². The summed E-state index contributed by atoms with van der Waals surface area (Å²) in [6.45, 7) is 2.24. The van der Waals surface area contributed by atoms with Crippen LogP contribution in [0, 0.1) is 142 Å². The van der Waals surface area contributed by atoms with Gasteiger partial charge in [0.05, 0.1) is 42.7 Å². The largest absolute Gasteiger partial charge is 0.481 e. The van der Waals surface area contributed by atoms with Crippen molar-refractivity contribution in [3.8, 4) is 0 Å². The molecule has 8 saturated carbocycles. The van der Waals surface area contributed by atoms with Crippen molar-refractivity contribution in [3.63, 3.8) is 0 Å². The molecule has 3 saturated heterocycles. The highest BCUT2D eigenvalue weighted by molar-refractivity contribution is 8.01. The molecule has 36 atom stereocenters. The summed E-state index contributed by atoms with van der Waals surface area (Å²) < 4.78 is 23.3. The van der Waals surface area contributed by atoms with Crippen molar-refractivity contribution in [1.82, 2.24) is 0 Å². The number of allylic oxidation sites excluding steroid dienone is 12. The minimum atomic E-state index is -1.26. The average molecular weight is 1400 g/mol. The molecular weight excluding hydrogens is 1310 g/mol. The summed E-state index contributed by atoms with van der Waals surface area (Å²) in [5, 5.41) is 57.0. The van der Waals surface area contributed by atoms with Gasteiger partial charge < -0.3 is 57.6 Å². The Morgan fingerprint density at radius 1 is 0.646 bits per heavy atom. The van der Waals surface area contributed by atoms with Gasteiger partial charge in [-0.3, -0.25) is 4.79 Å². The van der Waals surface area contributed by atoms with Crippen LogP contribution in [-0.2, 0) is 19.0 Å². The van der Waals surface area contributed by atoms with Crippen LogP contribution in [0.1, 0.15) is 89.9 Å². The van der Waals surface area contributed by atoms with Gasteiger partial charge in [0.1, 0.15) is 28.7 Å². The molecule has 30 rings (SSSR count). The molecule has 3 aliphatic heterocycles. The van der Waals surface area contributed by atoms with Crippen LogP contribution in [0.25, 0.3) is 0 Å². The number of hydrogen-bond acceptors (Lipinski definition) is 15. The Labute approximate surface area is 593 Å². The highest BCUT2D eigenvalue weighted by Crippen LogP contribution is 2.98. The van der Waals surface area contributed by atoms with Crippen LogP contribution in [-0.4, -0.2) is 141 Å². The number of thioether (sulfide) groups is 4. The molecule has 0 radical (unpaired) electrons. The molecule has 36 unspecified atom stereocenters. The van der Waals surface area contributed by atoms with Gasteiger partial charge in [-0.25, -0.2) is 0 Å². The summed E-state index contributed by atoms with van der Waals surface area (Å²) in [5.74, 6) is 6.12. The number of epoxide rings is 3. The summed E-state index contributed by atoms with van der Waals surface area (Å²) in [4.78, 5) is 14.8. The Balaban J connectivity index is 0.830. The number of aliphatic hydroxyl groups excluding tert-OH is 2. The molecule has 30 aliphatic rings. The molecule has 0 aromatic carbocycles. The van der Waals surface area contributed by atoms with E-state index in [0.29, 0.717) is 56.8 Å². The second kappa shape index (κ2) is 15.9. The highest BCUT2D eigenvalue weighted by atomic mass is 32.2. The third kappa shape index (κ3) is 4.68. The Morgan fingerprint density at radius 2 is 1.45 bits per heavy atom. The Bertz CT molecular complexity index is 4800. The minimum absolute atomic E-state index is 0.0400. The quantitative estimate of drug-likeness (QED) is 0.0636. The maximum absolute atomic E-state index is 17.2. The monoisotopic (exact) mass is 1390 g/mol. The van der Waals surface area contributed by atoms with Crippen LogP contribution in [0.15, 0.2) is 135 Å². The van der Waals surface area contributed by atoms with E-state index in [0.717, 1.165) is 100 Å². The first kappa shape index (κ1) is 55.6. The van der Waals surface area contributed by atoms with Gasteiger partial charge >= 0.3 is 5.97 Å². The molecule has 16 heteroatoms. The molecule has 99 heavy (non-hydrogen) atoms. The number of carbonyl (C=O) groups is 1. The van der Waals surface area contributed by atoms with Crippen LogP contribution in [0.2, 0.25) is 0 Å². The van der Waals surface area contributed by atoms with Crippen molar-refractivity contribution in [2.45, 2.75) is 155 Å². The van der Waals surface area contributed by atoms with E-state index in [1.807, 2.05) is 17.3 Å². The van der Waals surface area contributed by atoms with E-state index in [4.69, 9.17) is 32.4 Å². The molecule has 4 spiro atoms. The van der Waals surface area contributed by atoms with Crippen molar-refractivity contribution in [2.24, 2.45) is 165 Å². The molecule has 0 aromatic rings. The van der Waals surface area contributed by atoms with Gasteiger partial charge in [-0.05, 0) is 228 Å². The first-order valence-electron chi connectivity index (χ1n) is 39.9. The van der Waals surface area contributed by atoms with Crippen LogP contribution in [0.5, 0.6) is 0 Å². The summed E-state index contributed by atoms with van der Waals surface area (Å²) in [5.41, 5.74) is 56.3. The SMILES string of the molecule is NCCSC12CC3=C4C5=C6C7C8=C9C%10C%11=C(CC%12CC%13C%14=C%15C%16=C(CCC%15CC%13C(=O)O)C%13CCC%15=C%17C%13C%13C%18=C(C7C4=C4C%18C%17C(SCCN)(CC%15O)C7OC47C3)C3C8C%11(O)C%12C%14(SCCN)C34OC%16%134)CC3CCC47OC4=CC4C8C=CC(CC1O)C(=C52)C8C6C9C4C7(SCCN)C3%10. The fraction of sp³-hybridized carbons (Fsp3) is 0.699. The zero-order valence-electron chi connectivity index (χ0n) is 55.7. The third-order valence-corrected chi connectivity index (χ3v) is 44.1. The highest BCUT2D eigenvalue weighted by Gasteiger charge is 3.02. The number of aliphatic carboxylic acids is 1. The average Bonchev–Trinajstić information content (AvgIpc) is 1.42. The number of carboxylic acid groups (broad SMARTS) is 1. The lowest BCUT2D eigenvalue weighted by Gasteiger charge is -2.82. The number of hydrogen-bond donors (Lipinski definition) is 8. The van der Waals surface area contributed by atoms with Crippen molar-refractivity contribution < 1.29 is 39.4 Å². The maximum atomic E-state index is 17.2. The Morgan fingerprint density at radius 3 is 2.31 bits per heavy atom. The van der Waals surface area contributed by atoms with Crippen molar-refractivity contribution in [2.75, 3.05) is 49.2 Å². The lowest BCUT2D eigenvalue weighted by Crippen LogP contribution is -2.85. The smallest absolute Gasteiger partial charge is 0.307 e. The number of carboxylic acids is 1. The first-order valence-corrected chi connectivity index (χ1v) is 43.8. The number of aliphatic hydroxyl groups is 3.